The topological polar surface area (TPSA) is 184 Å². The van der Waals surface area contributed by atoms with Gasteiger partial charge in [-0.1, -0.05) is 12.1 Å². The molecule has 1 aromatic carbocycles. The van der Waals surface area contributed by atoms with Crippen molar-refractivity contribution in [2.24, 2.45) is 5.73 Å². The molecule has 2 atom stereocenters. The Morgan fingerprint density at radius 2 is 1.66 bits per heavy atom. The van der Waals surface area contributed by atoms with Crippen LogP contribution in [0.1, 0.15) is 46.4 Å². The maximum absolute atomic E-state index is 12.2. The van der Waals surface area contributed by atoms with Gasteiger partial charge in [0, 0.05) is 12.8 Å². The third-order valence-electron chi connectivity index (χ3n) is 4.33. The Balaban J connectivity index is 0.000000257. The number of amides is 4. The van der Waals surface area contributed by atoms with Crippen molar-refractivity contribution in [3.05, 3.63) is 35.4 Å². The maximum Gasteiger partial charge on any atom is 0.320 e. The first-order valence-corrected chi connectivity index (χ1v) is 8.64. The van der Waals surface area contributed by atoms with Crippen molar-refractivity contribution >= 4 is 35.6 Å². The molecule has 1 fully saturated rings. The molecule has 0 aliphatic carbocycles. The molecule has 0 aromatic heterocycles. The average Bonchev–Trinajstić information content (AvgIpc) is 2.92. The van der Waals surface area contributed by atoms with Crippen molar-refractivity contribution in [1.29, 1.82) is 0 Å². The molecule has 0 bridgehead atoms. The summed E-state index contributed by atoms with van der Waals surface area (Å²) in [5.41, 5.74) is 5.61. The Hall–Kier alpha value is -3.60. The van der Waals surface area contributed by atoms with Crippen LogP contribution in [0.3, 0.4) is 0 Å². The third kappa shape index (κ3) is 5.02. The van der Waals surface area contributed by atoms with Crippen molar-refractivity contribution in [3.8, 4) is 0 Å². The summed E-state index contributed by atoms with van der Waals surface area (Å²) in [6.07, 6.45) is 0.0814. The number of aliphatic carboxylic acids is 2. The van der Waals surface area contributed by atoms with E-state index in [1.807, 2.05) is 0 Å². The number of benzene rings is 1. The van der Waals surface area contributed by atoms with Crippen molar-refractivity contribution < 1.29 is 39.0 Å². The fraction of sp³-hybridized carbons (Fsp3) is 0.333. The molecule has 2 unspecified atom stereocenters. The lowest BCUT2D eigenvalue weighted by Crippen LogP contribution is -2.54. The van der Waals surface area contributed by atoms with Gasteiger partial charge in [0.25, 0.3) is 11.8 Å². The SMILES string of the molecule is NC(CCC(=O)O)C(=O)O.O=C1CCC(N2C(=O)c3ccccc3C2=O)C(=O)N1. The summed E-state index contributed by atoms with van der Waals surface area (Å²) >= 11 is 0. The quantitative estimate of drug-likeness (QED) is 0.462. The summed E-state index contributed by atoms with van der Waals surface area (Å²) in [5, 5.41) is 18.4. The molecule has 4 amide bonds. The highest BCUT2D eigenvalue weighted by Crippen LogP contribution is 2.26. The minimum absolute atomic E-state index is 0.0231. The fourth-order valence-electron chi connectivity index (χ4n) is 2.82. The molecule has 2 heterocycles. The van der Waals surface area contributed by atoms with Crippen LogP contribution < -0.4 is 11.1 Å². The molecule has 11 nitrogen and oxygen atoms in total. The van der Waals surface area contributed by atoms with Gasteiger partial charge in [-0.15, -0.1) is 0 Å². The number of fused-ring (bicyclic) bond motifs is 1. The van der Waals surface area contributed by atoms with E-state index in [1.165, 1.54) is 0 Å². The Bertz CT molecular complexity index is 847. The van der Waals surface area contributed by atoms with Gasteiger partial charge < -0.3 is 15.9 Å². The molecule has 154 valence electrons. The summed E-state index contributed by atoms with van der Waals surface area (Å²) in [5.74, 6) is -4.12. The maximum atomic E-state index is 12.2. The number of nitrogens with one attached hydrogen (secondary N) is 1. The van der Waals surface area contributed by atoms with Gasteiger partial charge in [0.05, 0.1) is 11.1 Å². The van der Waals surface area contributed by atoms with Crippen molar-refractivity contribution in [2.75, 3.05) is 0 Å². The number of carbonyl (C=O) groups is 6. The van der Waals surface area contributed by atoms with Gasteiger partial charge in [0.2, 0.25) is 11.8 Å². The minimum Gasteiger partial charge on any atom is -0.481 e. The molecule has 11 heteroatoms. The second-order valence-electron chi connectivity index (χ2n) is 6.37. The van der Waals surface area contributed by atoms with Gasteiger partial charge in [0.1, 0.15) is 12.1 Å². The molecule has 0 saturated carbocycles. The number of hydrogen-bond acceptors (Lipinski definition) is 7. The molecule has 1 saturated heterocycles. The molecule has 0 spiro atoms. The third-order valence-corrected chi connectivity index (χ3v) is 4.33. The second kappa shape index (κ2) is 9.06. The number of hydrogen-bond donors (Lipinski definition) is 4. The zero-order chi connectivity index (χ0) is 21.7. The number of imide groups is 2. The van der Waals surface area contributed by atoms with E-state index in [0.717, 1.165) is 4.90 Å². The van der Waals surface area contributed by atoms with Crippen LogP contribution in [-0.2, 0) is 19.2 Å². The molecule has 0 radical (unpaired) electrons. The van der Waals surface area contributed by atoms with Crippen molar-refractivity contribution in [2.45, 2.75) is 37.8 Å². The Morgan fingerprint density at radius 1 is 1.10 bits per heavy atom. The van der Waals surface area contributed by atoms with E-state index < -0.39 is 41.7 Å². The highest BCUT2D eigenvalue weighted by molar-refractivity contribution is 6.23. The summed E-state index contributed by atoms with van der Waals surface area (Å²) in [6.45, 7) is 0. The highest BCUT2D eigenvalue weighted by Gasteiger charge is 2.44. The van der Waals surface area contributed by atoms with Crippen LogP contribution in [0, 0.1) is 0 Å². The molecule has 2 aliphatic heterocycles. The Labute approximate surface area is 164 Å². The number of carboxylic acid groups (broad SMARTS) is 2. The highest BCUT2D eigenvalue weighted by atomic mass is 16.4. The van der Waals surface area contributed by atoms with E-state index in [2.05, 4.69) is 5.32 Å². The van der Waals surface area contributed by atoms with Gasteiger partial charge >= 0.3 is 11.9 Å². The number of nitrogens with two attached hydrogens (primary N) is 1. The van der Waals surface area contributed by atoms with Crippen LogP contribution in [0.5, 0.6) is 0 Å². The predicted molar refractivity (Wildman–Crippen MR) is 95.6 cm³/mol. The molecular weight excluding hydrogens is 386 g/mol. The molecule has 1 aromatic rings. The van der Waals surface area contributed by atoms with E-state index >= 15 is 0 Å². The lowest BCUT2D eigenvalue weighted by molar-refractivity contribution is -0.140. The molecule has 3 rings (SSSR count). The van der Waals surface area contributed by atoms with Crippen LogP contribution in [0.25, 0.3) is 0 Å². The molecule has 5 N–H and O–H groups in total. The molecule has 2 aliphatic rings. The minimum atomic E-state index is -1.17. The van der Waals surface area contributed by atoms with Gasteiger partial charge in [0.15, 0.2) is 0 Å². The van der Waals surface area contributed by atoms with Gasteiger partial charge in [-0.3, -0.25) is 39.0 Å². The van der Waals surface area contributed by atoms with E-state index in [9.17, 15) is 28.8 Å². The summed E-state index contributed by atoms with van der Waals surface area (Å²) in [7, 11) is 0. The van der Waals surface area contributed by atoms with E-state index in [-0.39, 0.29) is 31.6 Å². The zero-order valence-corrected chi connectivity index (χ0v) is 15.2. The van der Waals surface area contributed by atoms with Gasteiger partial charge in [-0.25, -0.2) is 0 Å². The lowest BCUT2D eigenvalue weighted by Gasteiger charge is -2.27. The normalized spacial score (nSPS) is 19.1. The van der Waals surface area contributed by atoms with Crippen LogP contribution in [0.15, 0.2) is 24.3 Å². The second-order valence-corrected chi connectivity index (χ2v) is 6.37. The Kier molecular flexibility index (Phi) is 6.78. The van der Waals surface area contributed by atoms with Gasteiger partial charge in [-0.2, -0.15) is 0 Å². The number of nitrogens with zero attached hydrogens (tertiary/aromatic N) is 1. The van der Waals surface area contributed by atoms with Crippen LogP contribution in [0.4, 0.5) is 0 Å². The molecular formula is C18H19N3O8. The number of carboxylic acids is 2. The average molecular weight is 405 g/mol. The van der Waals surface area contributed by atoms with Crippen molar-refractivity contribution in [3.63, 3.8) is 0 Å². The standard InChI is InChI=1S/C13H10N2O4.C5H9NO4/c16-10-6-5-9(11(17)14-10)15-12(18)7-3-1-2-4-8(7)13(15)19;6-3(5(9)10)1-2-4(7)8/h1-4,9H,5-6H2,(H,14,16,17);3H,1-2,6H2,(H,7,8)(H,9,10). The van der Waals surface area contributed by atoms with Crippen LogP contribution in [0.2, 0.25) is 0 Å². The largest absolute Gasteiger partial charge is 0.481 e. The van der Waals surface area contributed by atoms with Gasteiger partial charge in [-0.05, 0) is 25.0 Å². The van der Waals surface area contributed by atoms with Crippen molar-refractivity contribution in [1.82, 2.24) is 10.2 Å². The lowest BCUT2D eigenvalue weighted by atomic mass is 10.0. The first kappa shape index (κ1) is 21.7. The van der Waals surface area contributed by atoms with Crippen LogP contribution in [-0.4, -0.2) is 62.8 Å². The molecule has 29 heavy (non-hydrogen) atoms. The number of carbonyl (C=O) groups excluding carboxylic acids is 4. The van der Waals surface area contributed by atoms with E-state index in [1.54, 1.807) is 24.3 Å². The predicted octanol–water partition coefficient (Wildman–Crippen LogP) is -0.649. The first-order chi connectivity index (χ1) is 13.6. The first-order valence-electron chi connectivity index (χ1n) is 8.64. The summed E-state index contributed by atoms with van der Waals surface area (Å²) in [6, 6.07) is 4.49. The monoisotopic (exact) mass is 405 g/mol. The van der Waals surface area contributed by atoms with Crippen LogP contribution >= 0.6 is 0 Å². The summed E-state index contributed by atoms with van der Waals surface area (Å²) < 4.78 is 0. The summed E-state index contributed by atoms with van der Waals surface area (Å²) in [4.78, 5) is 68.0. The zero-order valence-electron chi connectivity index (χ0n) is 15.2. The fourth-order valence-corrected chi connectivity index (χ4v) is 2.82. The van der Waals surface area contributed by atoms with E-state index in [4.69, 9.17) is 15.9 Å². The van der Waals surface area contributed by atoms with E-state index in [0.29, 0.717) is 11.1 Å². The number of rotatable bonds is 5. The smallest absolute Gasteiger partial charge is 0.320 e. The Morgan fingerprint density at radius 3 is 2.10 bits per heavy atom. The number of piperidine rings is 1.